The summed E-state index contributed by atoms with van der Waals surface area (Å²) in [6.45, 7) is 5.69. The van der Waals surface area contributed by atoms with Crippen molar-refractivity contribution in [3.05, 3.63) is 34.3 Å². The van der Waals surface area contributed by atoms with Crippen LogP contribution in [0.2, 0.25) is 0 Å². The van der Waals surface area contributed by atoms with E-state index in [9.17, 15) is 0 Å². The van der Waals surface area contributed by atoms with Gasteiger partial charge >= 0.3 is 0 Å². The minimum atomic E-state index is 0.0974. The van der Waals surface area contributed by atoms with Crippen molar-refractivity contribution in [1.82, 2.24) is 5.32 Å². The van der Waals surface area contributed by atoms with Crippen molar-refractivity contribution >= 4 is 15.9 Å². The van der Waals surface area contributed by atoms with E-state index in [1.807, 2.05) is 6.07 Å². The number of nitrogens with one attached hydrogen (secondary N) is 1. The number of hydrogen-bond acceptors (Lipinski definition) is 3. The molecule has 1 atom stereocenters. The minimum absolute atomic E-state index is 0.0974. The zero-order chi connectivity index (χ0) is 14.2. The molecule has 1 saturated heterocycles. The van der Waals surface area contributed by atoms with E-state index in [0.29, 0.717) is 6.10 Å². The van der Waals surface area contributed by atoms with Gasteiger partial charge in [-0.3, -0.25) is 0 Å². The summed E-state index contributed by atoms with van der Waals surface area (Å²) >= 11 is 3.64. The van der Waals surface area contributed by atoms with Gasteiger partial charge in [0.25, 0.3) is 0 Å². The summed E-state index contributed by atoms with van der Waals surface area (Å²) in [5, 5.41) is 3.47. The van der Waals surface area contributed by atoms with Crippen molar-refractivity contribution < 1.29 is 9.47 Å². The van der Waals surface area contributed by atoms with Crippen LogP contribution in [0.1, 0.15) is 37.9 Å². The van der Waals surface area contributed by atoms with E-state index in [0.717, 1.165) is 50.0 Å². The van der Waals surface area contributed by atoms with E-state index >= 15 is 0 Å². The molecule has 2 rings (SSSR count). The summed E-state index contributed by atoms with van der Waals surface area (Å²) in [6, 6.07) is 8.33. The van der Waals surface area contributed by atoms with Crippen LogP contribution in [0, 0.1) is 0 Å². The van der Waals surface area contributed by atoms with E-state index in [-0.39, 0.29) is 6.10 Å². The Bertz CT molecular complexity index is 394. The molecule has 0 radical (unpaired) electrons. The first-order chi connectivity index (χ1) is 9.81. The highest BCUT2D eigenvalue weighted by Crippen LogP contribution is 2.28. The molecule has 0 aromatic heterocycles. The topological polar surface area (TPSA) is 30.5 Å². The summed E-state index contributed by atoms with van der Waals surface area (Å²) in [7, 11) is 0. The van der Waals surface area contributed by atoms with Crippen LogP contribution in [0.4, 0.5) is 0 Å². The highest BCUT2D eigenvalue weighted by Gasteiger charge is 2.21. The van der Waals surface area contributed by atoms with Crippen LogP contribution < -0.4 is 5.32 Å². The maximum absolute atomic E-state index is 6.33. The van der Waals surface area contributed by atoms with Gasteiger partial charge in [0.1, 0.15) is 0 Å². The van der Waals surface area contributed by atoms with Crippen LogP contribution in [0.3, 0.4) is 0 Å². The number of hydrogen-bond donors (Lipinski definition) is 1. The summed E-state index contributed by atoms with van der Waals surface area (Å²) in [5.74, 6) is 0. The van der Waals surface area contributed by atoms with Gasteiger partial charge in [0.2, 0.25) is 0 Å². The lowest BCUT2D eigenvalue weighted by Gasteiger charge is -2.28. The smallest absolute Gasteiger partial charge is 0.0963 e. The van der Waals surface area contributed by atoms with E-state index in [4.69, 9.17) is 9.47 Å². The predicted molar refractivity (Wildman–Crippen MR) is 85.0 cm³/mol. The van der Waals surface area contributed by atoms with Gasteiger partial charge in [-0.25, -0.2) is 0 Å². The average Bonchev–Trinajstić information content (AvgIpc) is 2.48. The normalized spacial score (nSPS) is 18.1. The number of halogens is 1. The molecule has 0 bridgehead atoms. The average molecular weight is 342 g/mol. The molecule has 20 heavy (non-hydrogen) atoms. The van der Waals surface area contributed by atoms with Crippen molar-refractivity contribution in [3.8, 4) is 0 Å². The summed E-state index contributed by atoms with van der Waals surface area (Å²) < 4.78 is 12.9. The maximum Gasteiger partial charge on any atom is 0.0963 e. The Labute approximate surface area is 130 Å². The largest absolute Gasteiger partial charge is 0.381 e. The molecular weight excluding hydrogens is 318 g/mol. The molecule has 1 aromatic carbocycles. The second-order valence-corrected chi connectivity index (χ2v) is 6.02. The van der Waals surface area contributed by atoms with Gasteiger partial charge in [0.15, 0.2) is 0 Å². The Morgan fingerprint density at radius 3 is 2.80 bits per heavy atom. The highest BCUT2D eigenvalue weighted by molar-refractivity contribution is 9.10. The van der Waals surface area contributed by atoms with Crippen molar-refractivity contribution in [1.29, 1.82) is 0 Å². The monoisotopic (exact) mass is 341 g/mol. The van der Waals surface area contributed by atoms with Gasteiger partial charge in [-0.1, -0.05) is 41.1 Å². The molecular formula is C16H24BrNO2. The van der Waals surface area contributed by atoms with Crippen molar-refractivity contribution in [2.75, 3.05) is 26.3 Å². The first-order valence-corrected chi connectivity index (χ1v) is 8.29. The molecule has 1 unspecified atom stereocenters. The predicted octanol–water partition coefficient (Wildman–Crippen LogP) is 3.69. The summed E-state index contributed by atoms with van der Waals surface area (Å²) in [5.41, 5.74) is 1.22. The van der Waals surface area contributed by atoms with Gasteiger partial charge in [-0.2, -0.15) is 0 Å². The van der Waals surface area contributed by atoms with Crippen LogP contribution in [-0.2, 0) is 9.47 Å². The molecule has 1 heterocycles. The fourth-order valence-electron chi connectivity index (χ4n) is 2.42. The number of ether oxygens (including phenoxy) is 2. The molecule has 1 fully saturated rings. The second-order valence-electron chi connectivity index (χ2n) is 5.16. The molecule has 3 nitrogen and oxygen atoms in total. The number of rotatable bonds is 7. The molecule has 1 aliphatic rings. The van der Waals surface area contributed by atoms with Crippen LogP contribution in [0.15, 0.2) is 28.7 Å². The summed E-state index contributed by atoms with van der Waals surface area (Å²) in [4.78, 5) is 0. The van der Waals surface area contributed by atoms with Crippen LogP contribution >= 0.6 is 15.9 Å². The molecule has 1 aliphatic heterocycles. The third kappa shape index (κ3) is 4.85. The van der Waals surface area contributed by atoms with Gasteiger partial charge in [0.05, 0.1) is 12.2 Å². The Morgan fingerprint density at radius 1 is 1.35 bits per heavy atom. The Morgan fingerprint density at radius 2 is 2.10 bits per heavy atom. The fraction of sp³-hybridized carbons (Fsp3) is 0.625. The van der Waals surface area contributed by atoms with Crippen LogP contribution in [-0.4, -0.2) is 32.4 Å². The lowest BCUT2D eigenvalue weighted by molar-refractivity contribution is -0.0690. The van der Waals surface area contributed by atoms with Crippen molar-refractivity contribution in [3.63, 3.8) is 0 Å². The van der Waals surface area contributed by atoms with Gasteiger partial charge < -0.3 is 14.8 Å². The Balaban J connectivity index is 2.01. The van der Waals surface area contributed by atoms with E-state index in [1.165, 1.54) is 5.56 Å². The molecule has 4 heteroatoms. The first kappa shape index (κ1) is 16.0. The van der Waals surface area contributed by atoms with Gasteiger partial charge in [0, 0.05) is 24.2 Å². The molecule has 0 amide bonds. The van der Waals surface area contributed by atoms with Crippen molar-refractivity contribution in [2.24, 2.45) is 0 Å². The lowest BCUT2D eigenvalue weighted by Crippen LogP contribution is -2.30. The highest BCUT2D eigenvalue weighted by atomic mass is 79.9. The quantitative estimate of drug-likeness (QED) is 0.767. The third-order valence-electron chi connectivity index (χ3n) is 3.53. The molecule has 0 aliphatic carbocycles. The fourth-order valence-corrected chi connectivity index (χ4v) is 2.96. The first-order valence-electron chi connectivity index (χ1n) is 7.49. The Hall–Kier alpha value is -0.420. The molecule has 112 valence electrons. The minimum Gasteiger partial charge on any atom is -0.381 e. The second kappa shape index (κ2) is 8.78. The van der Waals surface area contributed by atoms with Crippen LogP contribution in [0.25, 0.3) is 0 Å². The van der Waals surface area contributed by atoms with Crippen LogP contribution in [0.5, 0.6) is 0 Å². The SMILES string of the molecule is CCCNCC(OC1CCOCC1)c1ccccc1Br. The third-order valence-corrected chi connectivity index (χ3v) is 4.26. The molecule has 0 saturated carbocycles. The van der Waals surface area contributed by atoms with E-state index < -0.39 is 0 Å². The number of benzene rings is 1. The zero-order valence-corrected chi connectivity index (χ0v) is 13.7. The maximum atomic E-state index is 6.33. The Kier molecular flexibility index (Phi) is 7.00. The summed E-state index contributed by atoms with van der Waals surface area (Å²) in [6.07, 6.45) is 3.54. The molecule has 0 spiro atoms. The van der Waals surface area contributed by atoms with E-state index in [1.54, 1.807) is 0 Å². The van der Waals surface area contributed by atoms with Gasteiger partial charge in [-0.05, 0) is 37.4 Å². The standard InChI is InChI=1S/C16H24BrNO2/c1-2-9-18-12-16(14-5-3-4-6-15(14)17)20-13-7-10-19-11-8-13/h3-6,13,16,18H,2,7-12H2,1H3. The van der Waals surface area contributed by atoms with Gasteiger partial charge in [-0.15, -0.1) is 0 Å². The molecule has 1 aromatic rings. The molecule has 1 N–H and O–H groups in total. The zero-order valence-electron chi connectivity index (χ0n) is 12.1. The van der Waals surface area contributed by atoms with E-state index in [2.05, 4.69) is 46.4 Å². The van der Waals surface area contributed by atoms with Crippen molar-refractivity contribution in [2.45, 2.75) is 38.4 Å². The lowest BCUT2D eigenvalue weighted by atomic mass is 10.1.